The van der Waals surface area contributed by atoms with Crippen LogP contribution < -0.4 is 4.90 Å². The molecule has 2 aliphatic rings. The number of aromatic nitrogens is 1. The maximum atomic E-state index is 11.6. The molecule has 2 unspecified atom stereocenters. The lowest BCUT2D eigenvalue weighted by atomic mass is 10.1. The molecule has 0 aromatic carbocycles. The van der Waals surface area contributed by atoms with Gasteiger partial charge in [-0.2, -0.15) is 0 Å². The molecule has 0 spiro atoms. The van der Waals surface area contributed by atoms with E-state index in [0.29, 0.717) is 10.9 Å². The van der Waals surface area contributed by atoms with Gasteiger partial charge in [-0.25, -0.2) is 9.78 Å². The normalized spacial score (nSPS) is 26.6. The Morgan fingerprint density at radius 1 is 1.55 bits per heavy atom. The summed E-state index contributed by atoms with van der Waals surface area (Å²) in [6, 6.07) is 0.369. The Morgan fingerprint density at radius 3 is 3.05 bits per heavy atom. The van der Waals surface area contributed by atoms with Crippen LogP contribution in [0.15, 0.2) is 0 Å². The Balaban J connectivity index is 1.79. The number of rotatable bonds is 2. The summed E-state index contributed by atoms with van der Waals surface area (Å²) in [5.74, 6) is -0.441. The molecule has 6 nitrogen and oxygen atoms in total. The molecule has 2 fully saturated rings. The number of ether oxygens (including phenoxy) is 2. The highest BCUT2D eigenvalue weighted by molar-refractivity contribution is 7.18. The fraction of sp³-hybridized carbons (Fsp3) is 0.667. The van der Waals surface area contributed by atoms with E-state index in [1.54, 1.807) is 0 Å². The minimum Gasteiger partial charge on any atom is -0.465 e. The molecule has 0 amide bonds. The second-order valence-electron chi connectivity index (χ2n) is 4.97. The Morgan fingerprint density at radius 2 is 2.35 bits per heavy atom. The van der Waals surface area contributed by atoms with Gasteiger partial charge in [0.1, 0.15) is 0 Å². The lowest BCUT2D eigenvalue weighted by Gasteiger charge is -2.33. The number of methoxy groups -OCH3 is 1. The van der Waals surface area contributed by atoms with Crippen molar-refractivity contribution in [2.75, 3.05) is 45.3 Å². The van der Waals surface area contributed by atoms with E-state index in [-0.39, 0.29) is 11.3 Å². The zero-order chi connectivity index (χ0) is 14.3. The van der Waals surface area contributed by atoms with Crippen molar-refractivity contribution in [1.29, 1.82) is 0 Å². The number of morpholine rings is 1. The van der Waals surface area contributed by atoms with E-state index in [1.807, 2.05) is 0 Å². The van der Waals surface area contributed by atoms with E-state index in [1.165, 1.54) is 18.4 Å². The van der Waals surface area contributed by atoms with Crippen molar-refractivity contribution < 1.29 is 14.3 Å². The third-order valence-corrected chi connectivity index (χ3v) is 5.28. The van der Waals surface area contributed by atoms with Crippen LogP contribution in [0.1, 0.15) is 9.67 Å². The SMILES string of the molecule is COC(=O)c1sc(N2CC3OCCN(C)C3C2)nc1Cl. The van der Waals surface area contributed by atoms with Crippen LogP contribution >= 0.6 is 22.9 Å². The summed E-state index contributed by atoms with van der Waals surface area (Å²) < 4.78 is 10.5. The van der Waals surface area contributed by atoms with Gasteiger partial charge in [0.2, 0.25) is 0 Å². The number of carbonyl (C=O) groups excluding carboxylic acids is 1. The summed E-state index contributed by atoms with van der Waals surface area (Å²) in [5, 5.41) is 0.961. The number of fused-ring (bicyclic) bond motifs is 1. The molecule has 0 bridgehead atoms. The highest BCUT2D eigenvalue weighted by Crippen LogP contribution is 2.34. The van der Waals surface area contributed by atoms with Crippen molar-refractivity contribution in [3.8, 4) is 0 Å². The quantitative estimate of drug-likeness (QED) is 0.762. The van der Waals surface area contributed by atoms with Crippen LogP contribution in [0.4, 0.5) is 5.13 Å². The standard InChI is InChI=1S/C12H16ClN3O3S/c1-15-3-4-19-8-6-16(5-7(8)15)12-14-10(13)9(20-12)11(17)18-2/h7-8H,3-6H2,1-2H3. The Bertz CT molecular complexity index is 524. The van der Waals surface area contributed by atoms with E-state index >= 15 is 0 Å². The summed E-state index contributed by atoms with van der Waals surface area (Å²) in [6.45, 7) is 3.32. The van der Waals surface area contributed by atoms with Crippen molar-refractivity contribution in [1.82, 2.24) is 9.88 Å². The number of esters is 1. The molecule has 1 aromatic heterocycles. The summed E-state index contributed by atoms with van der Waals surface area (Å²) in [5.41, 5.74) is 0. The number of hydrogen-bond acceptors (Lipinski definition) is 7. The van der Waals surface area contributed by atoms with Crippen molar-refractivity contribution in [2.45, 2.75) is 12.1 Å². The zero-order valence-corrected chi connectivity index (χ0v) is 12.9. The Labute approximate surface area is 126 Å². The lowest BCUT2D eigenvalue weighted by molar-refractivity contribution is -0.0362. The molecule has 2 saturated heterocycles. The van der Waals surface area contributed by atoms with Crippen LogP contribution in [0.5, 0.6) is 0 Å². The van der Waals surface area contributed by atoms with Crippen LogP contribution in [-0.4, -0.2) is 68.4 Å². The van der Waals surface area contributed by atoms with Gasteiger partial charge in [0.05, 0.1) is 25.9 Å². The van der Waals surface area contributed by atoms with Gasteiger partial charge in [-0.15, -0.1) is 0 Å². The van der Waals surface area contributed by atoms with Crippen molar-refractivity contribution >= 4 is 34.0 Å². The summed E-state index contributed by atoms with van der Waals surface area (Å²) in [4.78, 5) is 20.6. The first-order chi connectivity index (χ1) is 9.60. The highest BCUT2D eigenvalue weighted by atomic mass is 35.5. The molecule has 1 aromatic rings. The number of anilines is 1. The van der Waals surface area contributed by atoms with Gasteiger partial charge in [0.25, 0.3) is 0 Å². The second-order valence-corrected chi connectivity index (χ2v) is 6.31. The van der Waals surface area contributed by atoms with Gasteiger partial charge in [0, 0.05) is 19.6 Å². The largest absolute Gasteiger partial charge is 0.465 e. The molecule has 2 aliphatic heterocycles. The number of likely N-dealkylation sites (N-methyl/N-ethyl adjacent to an activating group) is 1. The smallest absolute Gasteiger partial charge is 0.351 e. The molecular formula is C12H16ClN3O3S. The average Bonchev–Trinajstić information content (AvgIpc) is 3.02. The molecule has 8 heteroatoms. The Kier molecular flexibility index (Phi) is 3.85. The van der Waals surface area contributed by atoms with Crippen LogP contribution in [0, 0.1) is 0 Å². The predicted molar refractivity (Wildman–Crippen MR) is 76.8 cm³/mol. The Hall–Kier alpha value is -0.890. The minimum absolute atomic E-state index is 0.193. The van der Waals surface area contributed by atoms with Crippen LogP contribution in [0.2, 0.25) is 5.15 Å². The maximum absolute atomic E-state index is 11.6. The fourth-order valence-electron chi connectivity index (χ4n) is 2.66. The molecule has 3 rings (SSSR count). The van der Waals surface area contributed by atoms with Gasteiger partial charge in [-0.3, -0.25) is 4.90 Å². The number of nitrogens with zero attached hydrogens (tertiary/aromatic N) is 3. The first-order valence-corrected chi connectivity index (χ1v) is 7.61. The molecule has 2 atom stereocenters. The van der Waals surface area contributed by atoms with E-state index in [0.717, 1.165) is 31.4 Å². The fourth-order valence-corrected chi connectivity index (χ4v) is 3.88. The third kappa shape index (κ3) is 2.39. The molecular weight excluding hydrogens is 302 g/mol. The molecule has 0 N–H and O–H groups in total. The van der Waals surface area contributed by atoms with Gasteiger partial charge in [0.15, 0.2) is 15.2 Å². The highest BCUT2D eigenvalue weighted by Gasteiger charge is 2.40. The van der Waals surface area contributed by atoms with Gasteiger partial charge < -0.3 is 14.4 Å². The topological polar surface area (TPSA) is 54.9 Å². The predicted octanol–water partition coefficient (Wildman–Crippen LogP) is 1.10. The summed E-state index contributed by atoms with van der Waals surface area (Å²) in [7, 11) is 3.45. The number of thiazole rings is 1. The van der Waals surface area contributed by atoms with E-state index in [2.05, 4.69) is 21.8 Å². The van der Waals surface area contributed by atoms with E-state index in [4.69, 9.17) is 21.1 Å². The van der Waals surface area contributed by atoms with Crippen LogP contribution in [0.25, 0.3) is 0 Å². The van der Waals surface area contributed by atoms with Gasteiger partial charge in [-0.1, -0.05) is 22.9 Å². The molecule has 110 valence electrons. The number of carbonyl (C=O) groups is 1. The van der Waals surface area contributed by atoms with E-state index in [9.17, 15) is 4.79 Å². The zero-order valence-electron chi connectivity index (χ0n) is 11.3. The molecule has 0 aliphatic carbocycles. The van der Waals surface area contributed by atoms with Gasteiger partial charge in [-0.05, 0) is 7.05 Å². The third-order valence-electron chi connectivity index (χ3n) is 3.79. The second kappa shape index (κ2) is 5.48. The maximum Gasteiger partial charge on any atom is 0.351 e. The molecule has 20 heavy (non-hydrogen) atoms. The summed E-state index contributed by atoms with van der Waals surface area (Å²) in [6.07, 6.45) is 0.193. The van der Waals surface area contributed by atoms with Crippen LogP contribution in [-0.2, 0) is 9.47 Å². The van der Waals surface area contributed by atoms with E-state index < -0.39 is 5.97 Å². The van der Waals surface area contributed by atoms with Crippen molar-refractivity contribution in [3.05, 3.63) is 10.0 Å². The lowest BCUT2D eigenvalue weighted by Crippen LogP contribution is -2.48. The minimum atomic E-state index is -0.441. The number of halogens is 1. The molecule has 0 saturated carbocycles. The van der Waals surface area contributed by atoms with Crippen molar-refractivity contribution in [2.24, 2.45) is 0 Å². The van der Waals surface area contributed by atoms with Crippen molar-refractivity contribution in [3.63, 3.8) is 0 Å². The van der Waals surface area contributed by atoms with Gasteiger partial charge >= 0.3 is 5.97 Å². The monoisotopic (exact) mass is 317 g/mol. The molecule has 3 heterocycles. The summed E-state index contributed by atoms with van der Waals surface area (Å²) >= 11 is 7.28. The molecule has 0 radical (unpaired) electrons. The average molecular weight is 318 g/mol. The number of hydrogen-bond donors (Lipinski definition) is 0. The van der Waals surface area contributed by atoms with Crippen LogP contribution in [0.3, 0.4) is 0 Å². The first kappa shape index (κ1) is 14.1. The first-order valence-electron chi connectivity index (χ1n) is 6.41.